The topological polar surface area (TPSA) is 52.3 Å². The van der Waals surface area contributed by atoms with E-state index >= 15 is 0 Å². The molecule has 2 N–H and O–H groups in total. The minimum atomic E-state index is -0.421. The van der Waals surface area contributed by atoms with Gasteiger partial charge >= 0.3 is 5.97 Å². The molecule has 0 unspecified atom stereocenters. The largest absolute Gasteiger partial charge is 0.466 e. The molecule has 0 saturated heterocycles. The summed E-state index contributed by atoms with van der Waals surface area (Å²) in [6.07, 6.45) is 0.138. The number of hydrogen-bond acceptors (Lipinski definition) is 3. The smallest absolute Gasteiger partial charge is 0.307 e. The molecule has 0 heterocycles. The van der Waals surface area contributed by atoms with E-state index < -0.39 is 6.04 Å². The molecular formula is C19H22FNO2. The summed E-state index contributed by atoms with van der Waals surface area (Å²) in [7, 11) is 0. The molecular weight excluding hydrogens is 293 g/mol. The molecule has 0 spiro atoms. The van der Waals surface area contributed by atoms with E-state index in [1.807, 2.05) is 38.1 Å². The van der Waals surface area contributed by atoms with Gasteiger partial charge in [-0.15, -0.1) is 0 Å². The number of esters is 1. The second-order valence-corrected chi connectivity index (χ2v) is 5.66. The predicted octanol–water partition coefficient (Wildman–Crippen LogP) is 4.06. The van der Waals surface area contributed by atoms with Crippen molar-refractivity contribution in [1.82, 2.24) is 0 Å². The van der Waals surface area contributed by atoms with Gasteiger partial charge in [0.25, 0.3) is 0 Å². The van der Waals surface area contributed by atoms with Crippen molar-refractivity contribution in [3.63, 3.8) is 0 Å². The molecule has 1 atom stereocenters. The average Bonchev–Trinajstić information content (AvgIpc) is 2.46. The van der Waals surface area contributed by atoms with Gasteiger partial charge in [-0.25, -0.2) is 4.39 Å². The van der Waals surface area contributed by atoms with E-state index in [0.717, 1.165) is 27.8 Å². The molecule has 0 fully saturated rings. The maximum Gasteiger partial charge on any atom is 0.307 e. The van der Waals surface area contributed by atoms with Crippen LogP contribution in [0.15, 0.2) is 36.4 Å². The summed E-state index contributed by atoms with van der Waals surface area (Å²) in [6, 6.07) is 10.3. The van der Waals surface area contributed by atoms with Gasteiger partial charge in [-0.3, -0.25) is 4.79 Å². The van der Waals surface area contributed by atoms with Crippen LogP contribution >= 0.6 is 0 Å². The normalized spacial score (nSPS) is 12.0. The highest BCUT2D eigenvalue weighted by molar-refractivity contribution is 5.73. The summed E-state index contributed by atoms with van der Waals surface area (Å²) in [6.45, 7) is 5.89. The van der Waals surface area contributed by atoms with Crippen molar-refractivity contribution in [3.8, 4) is 11.1 Å². The molecule has 0 aliphatic carbocycles. The third kappa shape index (κ3) is 4.17. The number of hydrogen-bond donors (Lipinski definition) is 1. The first-order valence-electron chi connectivity index (χ1n) is 7.70. The summed E-state index contributed by atoms with van der Waals surface area (Å²) in [5, 5.41) is 0. The first kappa shape index (κ1) is 17.2. The molecule has 122 valence electrons. The molecule has 0 amide bonds. The van der Waals surface area contributed by atoms with Crippen molar-refractivity contribution >= 4 is 5.97 Å². The van der Waals surface area contributed by atoms with E-state index in [-0.39, 0.29) is 18.2 Å². The molecule has 3 nitrogen and oxygen atoms in total. The Labute approximate surface area is 136 Å². The van der Waals surface area contributed by atoms with Crippen LogP contribution in [0.3, 0.4) is 0 Å². The first-order chi connectivity index (χ1) is 10.9. The Morgan fingerprint density at radius 2 is 1.87 bits per heavy atom. The number of carbonyl (C=O) groups is 1. The van der Waals surface area contributed by atoms with E-state index in [1.165, 1.54) is 12.1 Å². The van der Waals surface area contributed by atoms with Crippen molar-refractivity contribution in [3.05, 3.63) is 58.9 Å². The number of carbonyl (C=O) groups excluding carboxylic acids is 1. The summed E-state index contributed by atoms with van der Waals surface area (Å²) in [4.78, 5) is 11.6. The van der Waals surface area contributed by atoms with Crippen LogP contribution in [0.4, 0.5) is 4.39 Å². The summed E-state index contributed by atoms with van der Waals surface area (Å²) in [5.74, 6) is -0.543. The maximum absolute atomic E-state index is 13.5. The molecule has 23 heavy (non-hydrogen) atoms. The Morgan fingerprint density at radius 3 is 2.48 bits per heavy atom. The lowest BCUT2D eigenvalue weighted by molar-refractivity contribution is -0.143. The van der Waals surface area contributed by atoms with Crippen molar-refractivity contribution in [2.75, 3.05) is 6.61 Å². The number of benzene rings is 2. The maximum atomic E-state index is 13.5. The lowest BCUT2D eigenvalue weighted by Crippen LogP contribution is -2.17. The monoisotopic (exact) mass is 315 g/mol. The Bertz CT molecular complexity index is 689. The Balaban J connectivity index is 2.32. The fourth-order valence-electron chi connectivity index (χ4n) is 2.81. The molecule has 2 rings (SSSR count). The Morgan fingerprint density at radius 1 is 1.22 bits per heavy atom. The zero-order valence-corrected chi connectivity index (χ0v) is 13.7. The van der Waals surface area contributed by atoms with Gasteiger partial charge in [0.1, 0.15) is 5.82 Å². The first-order valence-corrected chi connectivity index (χ1v) is 7.70. The lowest BCUT2D eigenvalue weighted by Gasteiger charge is -2.15. The molecule has 0 bridgehead atoms. The van der Waals surface area contributed by atoms with Crippen molar-refractivity contribution in [2.24, 2.45) is 5.73 Å². The Kier molecular flexibility index (Phi) is 5.50. The van der Waals surface area contributed by atoms with Crippen LogP contribution in [0.25, 0.3) is 11.1 Å². The van der Waals surface area contributed by atoms with E-state index in [9.17, 15) is 9.18 Å². The average molecular weight is 315 g/mol. The van der Waals surface area contributed by atoms with Crippen LogP contribution in [0.5, 0.6) is 0 Å². The molecule has 2 aromatic carbocycles. The molecule has 0 aliphatic rings. The number of halogens is 1. The fourth-order valence-corrected chi connectivity index (χ4v) is 2.81. The van der Waals surface area contributed by atoms with Gasteiger partial charge in [0.15, 0.2) is 0 Å². The number of nitrogens with two attached hydrogens (primary N) is 1. The summed E-state index contributed by atoms with van der Waals surface area (Å²) >= 11 is 0. The molecule has 0 radical (unpaired) electrons. The zero-order chi connectivity index (χ0) is 17.0. The van der Waals surface area contributed by atoms with Crippen LogP contribution in [0.2, 0.25) is 0 Å². The minimum Gasteiger partial charge on any atom is -0.466 e. The Hall–Kier alpha value is -2.20. The third-order valence-corrected chi connectivity index (χ3v) is 3.79. The van der Waals surface area contributed by atoms with Gasteiger partial charge in [0.05, 0.1) is 13.0 Å². The van der Waals surface area contributed by atoms with Crippen LogP contribution in [-0.2, 0) is 9.53 Å². The van der Waals surface area contributed by atoms with E-state index in [0.29, 0.717) is 6.61 Å². The predicted molar refractivity (Wildman–Crippen MR) is 89.5 cm³/mol. The van der Waals surface area contributed by atoms with Gasteiger partial charge in [-0.1, -0.05) is 18.2 Å². The van der Waals surface area contributed by atoms with Gasteiger partial charge in [-0.05, 0) is 66.8 Å². The van der Waals surface area contributed by atoms with E-state index in [1.54, 1.807) is 6.92 Å². The SMILES string of the molecule is CCOC(=O)C[C@H](N)c1cccc(-c2c(C)cc(F)cc2C)c1. The third-order valence-electron chi connectivity index (χ3n) is 3.79. The van der Waals surface area contributed by atoms with Crippen LogP contribution in [-0.4, -0.2) is 12.6 Å². The van der Waals surface area contributed by atoms with Gasteiger partial charge in [0, 0.05) is 6.04 Å². The van der Waals surface area contributed by atoms with Crippen LogP contribution in [0, 0.1) is 19.7 Å². The molecule has 0 saturated carbocycles. The molecule has 4 heteroatoms. The number of rotatable bonds is 5. The highest BCUT2D eigenvalue weighted by Crippen LogP contribution is 2.30. The zero-order valence-electron chi connectivity index (χ0n) is 13.7. The summed E-state index contributed by atoms with van der Waals surface area (Å²) < 4.78 is 18.4. The van der Waals surface area contributed by atoms with Crippen LogP contribution < -0.4 is 5.73 Å². The number of aryl methyl sites for hydroxylation is 2. The highest BCUT2D eigenvalue weighted by Gasteiger charge is 2.14. The second kappa shape index (κ2) is 7.38. The molecule has 0 aliphatic heterocycles. The summed E-state index contributed by atoms with van der Waals surface area (Å²) in [5.41, 5.74) is 10.7. The molecule has 0 aromatic heterocycles. The highest BCUT2D eigenvalue weighted by atomic mass is 19.1. The molecule has 2 aromatic rings. The lowest BCUT2D eigenvalue weighted by atomic mass is 9.93. The van der Waals surface area contributed by atoms with Gasteiger partial charge < -0.3 is 10.5 Å². The quantitative estimate of drug-likeness (QED) is 0.846. The van der Waals surface area contributed by atoms with E-state index in [2.05, 4.69) is 0 Å². The van der Waals surface area contributed by atoms with Crippen molar-refractivity contribution < 1.29 is 13.9 Å². The van der Waals surface area contributed by atoms with Crippen LogP contribution in [0.1, 0.15) is 36.1 Å². The fraction of sp³-hybridized carbons (Fsp3) is 0.316. The van der Waals surface area contributed by atoms with Crippen molar-refractivity contribution in [1.29, 1.82) is 0 Å². The minimum absolute atomic E-state index is 0.138. The number of ether oxygens (including phenoxy) is 1. The van der Waals surface area contributed by atoms with Crippen molar-refractivity contribution in [2.45, 2.75) is 33.2 Å². The van der Waals surface area contributed by atoms with Gasteiger partial charge in [0.2, 0.25) is 0 Å². The van der Waals surface area contributed by atoms with E-state index in [4.69, 9.17) is 10.5 Å². The second-order valence-electron chi connectivity index (χ2n) is 5.66. The standard InChI is InChI=1S/C19H22FNO2/c1-4-23-18(22)11-17(21)14-6-5-7-15(10-14)19-12(2)8-16(20)9-13(19)3/h5-10,17H,4,11,21H2,1-3H3/t17-/m0/s1. The van der Waals surface area contributed by atoms with Gasteiger partial charge in [-0.2, -0.15) is 0 Å².